The van der Waals surface area contributed by atoms with Crippen LogP contribution in [0.1, 0.15) is 45.1 Å². The van der Waals surface area contributed by atoms with E-state index in [9.17, 15) is 4.79 Å². The molecule has 1 aromatic carbocycles. The molecule has 0 aliphatic heterocycles. The summed E-state index contributed by atoms with van der Waals surface area (Å²) in [5, 5.41) is 2.85. The van der Waals surface area contributed by atoms with E-state index in [-0.39, 0.29) is 11.9 Å². The third kappa shape index (κ3) is 4.71. The molecule has 0 aromatic heterocycles. The topological polar surface area (TPSA) is 76.7 Å². The Morgan fingerprint density at radius 2 is 2.09 bits per heavy atom. The Kier molecular flexibility index (Phi) is 6.02. The Balaban J connectivity index is 2.13. The van der Waals surface area contributed by atoms with Crippen LogP contribution >= 0.6 is 0 Å². The number of aliphatic imine (C=N–C) groups is 1. The molecule has 0 unspecified atom stereocenters. The van der Waals surface area contributed by atoms with Crippen LogP contribution < -0.4 is 15.8 Å². The molecule has 1 aliphatic rings. The molecule has 5 nitrogen and oxygen atoms in total. The van der Waals surface area contributed by atoms with Crippen molar-refractivity contribution in [3.63, 3.8) is 0 Å². The summed E-state index contributed by atoms with van der Waals surface area (Å²) < 4.78 is 5.90. The number of carbonyl (C=O) groups is 1. The SMILES string of the molecule is CN=C(C(=O)NC(C)C)c1cc(OCC2CCCC2)ccc1N. The molecule has 1 saturated carbocycles. The summed E-state index contributed by atoms with van der Waals surface area (Å²) in [4.78, 5) is 16.4. The van der Waals surface area contributed by atoms with E-state index in [1.807, 2.05) is 26.0 Å². The summed E-state index contributed by atoms with van der Waals surface area (Å²) in [5.41, 5.74) is 7.52. The smallest absolute Gasteiger partial charge is 0.270 e. The predicted octanol–water partition coefficient (Wildman–Crippen LogP) is 2.78. The van der Waals surface area contributed by atoms with E-state index in [0.29, 0.717) is 22.9 Å². The van der Waals surface area contributed by atoms with Gasteiger partial charge < -0.3 is 15.8 Å². The molecule has 0 spiro atoms. The Morgan fingerprint density at radius 1 is 1.39 bits per heavy atom. The first kappa shape index (κ1) is 17.3. The molecule has 5 heteroatoms. The number of ether oxygens (including phenoxy) is 1. The summed E-state index contributed by atoms with van der Waals surface area (Å²) in [6.45, 7) is 4.55. The lowest BCUT2D eigenvalue weighted by Gasteiger charge is -2.15. The van der Waals surface area contributed by atoms with E-state index in [2.05, 4.69) is 10.3 Å². The van der Waals surface area contributed by atoms with Gasteiger partial charge in [-0.3, -0.25) is 9.79 Å². The highest BCUT2D eigenvalue weighted by Gasteiger charge is 2.19. The van der Waals surface area contributed by atoms with Gasteiger partial charge in [0.1, 0.15) is 11.5 Å². The fourth-order valence-electron chi connectivity index (χ4n) is 2.90. The summed E-state index contributed by atoms with van der Waals surface area (Å²) in [6, 6.07) is 5.48. The number of carbonyl (C=O) groups excluding carboxylic acids is 1. The molecule has 1 aliphatic carbocycles. The molecule has 1 amide bonds. The minimum Gasteiger partial charge on any atom is -0.493 e. The maximum atomic E-state index is 12.3. The molecule has 1 fully saturated rings. The summed E-state index contributed by atoms with van der Waals surface area (Å²) in [7, 11) is 1.60. The van der Waals surface area contributed by atoms with Gasteiger partial charge in [-0.15, -0.1) is 0 Å². The van der Waals surface area contributed by atoms with Crippen molar-refractivity contribution in [3.8, 4) is 5.75 Å². The number of nitrogens with two attached hydrogens (primary N) is 1. The number of rotatable bonds is 6. The van der Waals surface area contributed by atoms with Crippen LogP contribution in [0.3, 0.4) is 0 Å². The molecule has 1 aromatic rings. The number of hydrogen-bond donors (Lipinski definition) is 2. The van der Waals surface area contributed by atoms with Crippen molar-refractivity contribution in [3.05, 3.63) is 23.8 Å². The second-order valence-electron chi connectivity index (χ2n) is 6.41. The number of nitrogen functional groups attached to an aromatic ring is 1. The van der Waals surface area contributed by atoms with Gasteiger partial charge in [0.15, 0.2) is 0 Å². The lowest BCUT2D eigenvalue weighted by atomic mass is 10.1. The third-order valence-electron chi connectivity index (χ3n) is 4.10. The second-order valence-corrected chi connectivity index (χ2v) is 6.41. The predicted molar refractivity (Wildman–Crippen MR) is 94.0 cm³/mol. The van der Waals surface area contributed by atoms with E-state index in [4.69, 9.17) is 10.5 Å². The standard InChI is InChI=1S/C18H27N3O2/c1-12(2)21-18(22)17(20-3)15-10-14(8-9-16(15)19)23-11-13-6-4-5-7-13/h8-10,12-13H,4-7,11,19H2,1-3H3,(H,21,22). The van der Waals surface area contributed by atoms with E-state index >= 15 is 0 Å². The number of hydrogen-bond acceptors (Lipinski definition) is 4. The van der Waals surface area contributed by atoms with Crippen LogP contribution in [0.5, 0.6) is 5.75 Å². The third-order valence-corrected chi connectivity index (χ3v) is 4.10. The molecular formula is C18H27N3O2. The van der Waals surface area contributed by atoms with Crippen molar-refractivity contribution in [1.29, 1.82) is 0 Å². The van der Waals surface area contributed by atoms with E-state index in [0.717, 1.165) is 12.4 Å². The molecule has 0 bridgehead atoms. The lowest BCUT2D eigenvalue weighted by Crippen LogP contribution is -2.36. The van der Waals surface area contributed by atoms with E-state index in [1.165, 1.54) is 25.7 Å². The quantitative estimate of drug-likeness (QED) is 0.625. The first-order chi connectivity index (χ1) is 11.0. The largest absolute Gasteiger partial charge is 0.493 e. The van der Waals surface area contributed by atoms with Crippen molar-refractivity contribution in [2.45, 2.75) is 45.6 Å². The zero-order chi connectivity index (χ0) is 16.8. The van der Waals surface area contributed by atoms with Gasteiger partial charge in [-0.1, -0.05) is 12.8 Å². The lowest BCUT2D eigenvalue weighted by molar-refractivity contribution is -0.115. The van der Waals surface area contributed by atoms with Crippen LogP contribution in [-0.2, 0) is 4.79 Å². The van der Waals surface area contributed by atoms with Gasteiger partial charge in [0, 0.05) is 24.3 Å². The zero-order valence-electron chi connectivity index (χ0n) is 14.3. The molecule has 3 N–H and O–H groups in total. The van der Waals surface area contributed by atoms with Crippen LogP contribution in [0.2, 0.25) is 0 Å². The number of anilines is 1. The van der Waals surface area contributed by atoms with Crippen LogP contribution in [-0.4, -0.2) is 31.3 Å². The summed E-state index contributed by atoms with van der Waals surface area (Å²) >= 11 is 0. The summed E-state index contributed by atoms with van der Waals surface area (Å²) in [5.74, 6) is 1.15. The molecule has 2 rings (SSSR count). The van der Waals surface area contributed by atoms with Gasteiger partial charge >= 0.3 is 0 Å². The molecule has 0 radical (unpaired) electrons. The highest BCUT2D eigenvalue weighted by Crippen LogP contribution is 2.27. The van der Waals surface area contributed by atoms with Gasteiger partial charge in [0.05, 0.1) is 6.61 Å². The molecule has 0 atom stereocenters. The Bertz CT molecular complexity index is 576. The first-order valence-electron chi connectivity index (χ1n) is 8.31. The van der Waals surface area contributed by atoms with Crippen LogP contribution in [0.4, 0.5) is 5.69 Å². The molecule has 0 saturated heterocycles. The minimum absolute atomic E-state index is 0.0438. The van der Waals surface area contributed by atoms with Gasteiger partial charge in [-0.05, 0) is 50.8 Å². The van der Waals surface area contributed by atoms with Crippen molar-refractivity contribution < 1.29 is 9.53 Å². The normalized spacial score (nSPS) is 15.9. The molecule has 126 valence electrons. The van der Waals surface area contributed by atoms with Gasteiger partial charge in [-0.2, -0.15) is 0 Å². The number of nitrogens with one attached hydrogen (secondary N) is 1. The number of amides is 1. The van der Waals surface area contributed by atoms with E-state index in [1.54, 1.807) is 13.1 Å². The fourth-order valence-corrected chi connectivity index (χ4v) is 2.90. The monoisotopic (exact) mass is 317 g/mol. The number of benzene rings is 1. The van der Waals surface area contributed by atoms with Crippen molar-refractivity contribution in [2.24, 2.45) is 10.9 Å². The maximum absolute atomic E-state index is 12.3. The first-order valence-corrected chi connectivity index (χ1v) is 8.31. The Morgan fingerprint density at radius 3 is 2.70 bits per heavy atom. The van der Waals surface area contributed by atoms with Crippen LogP contribution in [0.15, 0.2) is 23.2 Å². The van der Waals surface area contributed by atoms with Gasteiger partial charge in [0.25, 0.3) is 5.91 Å². The van der Waals surface area contributed by atoms with Gasteiger partial charge in [-0.25, -0.2) is 0 Å². The van der Waals surface area contributed by atoms with Gasteiger partial charge in [0.2, 0.25) is 0 Å². The zero-order valence-corrected chi connectivity index (χ0v) is 14.3. The summed E-state index contributed by atoms with van der Waals surface area (Å²) in [6.07, 6.45) is 5.06. The average molecular weight is 317 g/mol. The molecular weight excluding hydrogens is 290 g/mol. The average Bonchev–Trinajstić information content (AvgIpc) is 3.01. The van der Waals surface area contributed by atoms with Crippen molar-refractivity contribution in [2.75, 3.05) is 19.4 Å². The van der Waals surface area contributed by atoms with Crippen LogP contribution in [0.25, 0.3) is 0 Å². The highest BCUT2D eigenvalue weighted by atomic mass is 16.5. The number of nitrogens with zero attached hydrogens (tertiary/aromatic N) is 1. The van der Waals surface area contributed by atoms with Crippen molar-refractivity contribution in [1.82, 2.24) is 5.32 Å². The maximum Gasteiger partial charge on any atom is 0.270 e. The fraction of sp³-hybridized carbons (Fsp3) is 0.556. The minimum atomic E-state index is -0.220. The van der Waals surface area contributed by atoms with Crippen LogP contribution in [0, 0.1) is 5.92 Å². The second kappa shape index (κ2) is 7.99. The van der Waals surface area contributed by atoms with Crippen molar-refractivity contribution >= 4 is 17.3 Å². The Hall–Kier alpha value is -2.04. The highest BCUT2D eigenvalue weighted by molar-refractivity contribution is 6.46. The molecule has 23 heavy (non-hydrogen) atoms. The Labute approximate surface area is 138 Å². The molecule has 0 heterocycles. The van der Waals surface area contributed by atoms with E-state index < -0.39 is 0 Å².